The van der Waals surface area contributed by atoms with Gasteiger partial charge in [-0.25, -0.2) is 9.18 Å². The fraction of sp³-hybridized carbons (Fsp3) is 0.286. The number of benzene rings is 1. The smallest absolute Gasteiger partial charge is 0.325 e. The minimum absolute atomic E-state index is 0.128. The second-order valence-corrected chi connectivity index (χ2v) is 4.07. The first-order valence-corrected chi connectivity index (χ1v) is 6.14. The number of halogens is 1. The number of hydrogen-bond donors (Lipinski definition) is 1. The van der Waals surface area contributed by atoms with Crippen molar-refractivity contribution in [1.29, 1.82) is 0 Å². The Morgan fingerprint density at radius 1 is 1.35 bits per heavy atom. The van der Waals surface area contributed by atoms with E-state index in [1.807, 2.05) is 0 Å². The van der Waals surface area contributed by atoms with E-state index in [9.17, 15) is 14.0 Å². The van der Waals surface area contributed by atoms with Gasteiger partial charge >= 0.3 is 12.0 Å². The summed E-state index contributed by atoms with van der Waals surface area (Å²) >= 11 is 0. The monoisotopic (exact) mass is 280 g/mol. The van der Waals surface area contributed by atoms with Gasteiger partial charge in [0.2, 0.25) is 0 Å². The first-order valence-electron chi connectivity index (χ1n) is 6.14. The molecule has 0 aliphatic heterocycles. The molecule has 20 heavy (non-hydrogen) atoms. The summed E-state index contributed by atoms with van der Waals surface area (Å²) in [6, 6.07) is 5.00. The number of amides is 2. The van der Waals surface area contributed by atoms with Gasteiger partial charge in [-0.05, 0) is 31.2 Å². The topological polar surface area (TPSA) is 60.9 Å². The summed E-state index contributed by atoms with van der Waals surface area (Å²) in [7, 11) is 0. The molecule has 0 aliphatic carbocycles. The molecular formula is C14H17FN2O3. The molecule has 0 atom stereocenters. The molecule has 0 saturated carbocycles. The molecule has 0 unspecified atom stereocenters. The Labute approximate surface area is 116 Å². The van der Waals surface area contributed by atoms with E-state index < -0.39 is 24.4 Å². The average Bonchev–Trinajstić information content (AvgIpc) is 2.40. The summed E-state index contributed by atoms with van der Waals surface area (Å²) in [6.07, 6.45) is 1.46. The highest BCUT2D eigenvalue weighted by atomic mass is 19.1. The molecule has 1 rings (SSSR count). The molecule has 5 nitrogen and oxygen atoms in total. The number of carbonyl (C=O) groups excluding carboxylic acids is 1. The van der Waals surface area contributed by atoms with Crippen molar-refractivity contribution in [3.05, 3.63) is 42.7 Å². The van der Waals surface area contributed by atoms with Gasteiger partial charge in [-0.3, -0.25) is 9.69 Å². The van der Waals surface area contributed by atoms with Crippen LogP contribution in [0.1, 0.15) is 6.92 Å². The Bertz CT molecular complexity index is 488. The van der Waals surface area contributed by atoms with E-state index in [0.29, 0.717) is 12.2 Å². The molecule has 6 heteroatoms. The van der Waals surface area contributed by atoms with Crippen molar-refractivity contribution in [2.75, 3.05) is 24.5 Å². The van der Waals surface area contributed by atoms with Crippen LogP contribution in [0.25, 0.3) is 0 Å². The van der Waals surface area contributed by atoms with Crippen LogP contribution in [0.3, 0.4) is 0 Å². The largest absolute Gasteiger partial charge is 0.480 e. The Morgan fingerprint density at radius 3 is 2.40 bits per heavy atom. The minimum Gasteiger partial charge on any atom is -0.480 e. The third kappa shape index (κ3) is 4.08. The highest BCUT2D eigenvalue weighted by Crippen LogP contribution is 2.16. The van der Waals surface area contributed by atoms with Crippen molar-refractivity contribution in [3.8, 4) is 0 Å². The average molecular weight is 280 g/mol. The predicted molar refractivity (Wildman–Crippen MR) is 74.2 cm³/mol. The zero-order valence-corrected chi connectivity index (χ0v) is 11.3. The van der Waals surface area contributed by atoms with E-state index in [1.54, 1.807) is 6.92 Å². The van der Waals surface area contributed by atoms with Crippen LogP contribution in [0.4, 0.5) is 14.9 Å². The van der Waals surface area contributed by atoms with Crippen LogP contribution in [0.5, 0.6) is 0 Å². The molecule has 0 saturated heterocycles. The normalized spacial score (nSPS) is 9.90. The van der Waals surface area contributed by atoms with Crippen LogP contribution in [-0.4, -0.2) is 41.6 Å². The number of nitrogens with zero attached hydrogens (tertiary/aromatic N) is 2. The highest BCUT2D eigenvalue weighted by molar-refractivity contribution is 5.93. The molecule has 1 aromatic carbocycles. The number of carboxylic acids is 1. The Kier molecular flexibility index (Phi) is 5.71. The van der Waals surface area contributed by atoms with Gasteiger partial charge in [-0.1, -0.05) is 6.08 Å². The molecule has 0 radical (unpaired) electrons. The number of carboxylic acid groups (broad SMARTS) is 1. The number of aliphatic carboxylic acids is 1. The lowest BCUT2D eigenvalue weighted by Gasteiger charge is -2.28. The minimum atomic E-state index is -1.10. The second-order valence-electron chi connectivity index (χ2n) is 4.07. The summed E-state index contributed by atoms with van der Waals surface area (Å²) < 4.78 is 12.9. The molecule has 0 bridgehead atoms. The van der Waals surface area contributed by atoms with Gasteiger partial charge in [0.1, 0.15) is 12.4 Å². The standard InChI is InChI=1S/C14H17FN2O3/c1-3-9-16(10-13(18)19)14(20)17(4-2)12-7-5-11(15)6-8-12/h3,5-8H,1,4,9-10H2,2H3,(H,18,19). The van der Waals surface area contributed by atoms with E-state index in [-0.39, 0.29) is 6.54 Å². The number of hydrogen-bond acceptors (Lipinski definition) is 2. The molecule has 108 valence electrons. The maximum absolute atomic E-state index is 12.9. The van der Waals surface area contributed by atoms with Gasteiger partial charge in [-0.15, -0.1) is 6.58 Å². The van der Waals surface area contributed by atoms with E-state index in [4.69, 9.17) is 5.11 Å². The lowest BCUT2D eigenvalue weighted by molar-refractivity contribution is -0.137. The van der Waals surface area contributed by atoms with Crippen molar-refractivity contribution in [2.24, 2.45) is 0 Å². The second kappa shape index (κ2) is 7.28. The van der Waals surface area contributed by atoms with E-state index in [1.165, 1.54) is 35.2 Å². The molecule has 1 N–H and O–H groups in total. The summed E-state index contributed by atoms with van der Waals surface area (Å²) in [4.78, 5) is 25.7. The zero-order valence-electron chi connectivity index (χ0n) is 11.3. The number of anilines is 1. The Balaban J connectivity index is 2.96. The van der Waals surface area contributed by atoms with Gasteiger partial charge in [0, 0.05) is 18.8 Å². The fourth-order valence-electron chi connectivity index (χ4n) is 1.75. The summed E-state index contributed by atoms with van der Waals surface area (Å²) in [5, 5.41) is 8.82. The van der Waals surface area contributed by atoms with Crippen LogP contribution in [0, 0.1) is 5.82 Å². The van der Waals surface area contributed by atoms with E-state index >= 15 is 0 Å². The van der Waals surface area contributed by atoms with Crippen LogP contribution in [0.15, 0.2) is 36.9 Å². The first kappa shape index (κ1) is 15.7. The number of carbonyl (C=O) groups is 2. The molecule has 0 aromatic heterocycles. The van der Waals surface area contributed by atoms with Gasteiger partial charge in [-0.2, -0.15) is 0 Å². The van der Waals surface area contributed by atoms with E-state index in [2.05, 4.69) is 6.58 Å². The number of urea groups is 1. The molecule has 0 spiro atoms. The van der Waals surface area contributed by atoms with Crippen molar-refractivity contribution in [3.63, 3.8) is 0 Å². The molecule has 0 aliphatic rings. The lowest BCUT2D eigenvalue weighted by Crippen LogP contribution is -2.45. The van der Waals surface area contributed by atoms with Crippen LogP contribution in [0.2, 0.25) is 0 Å². The first-order chi connectivity index (χ1) is 9.49. The van der Waals surface area contributed by atoms with Gasteiger partial charge in [0.05, 0.1) is 0 Å². The Morgan fingerprint density at radius 2 is 1.95 bits per heavy atom. The molecule has 1 aromatic rings. The van der Waals surface area contributed by atoms with Crippen molar-refractivity contribution in [1.82, 2.24) is 4.90 Å². The van der Waals surface area contributed by atoms with Crippen molar-refractivity contribution in [2.45, 2.75) is 6.92 Å². The maximum atomic E-state index is 12.9. The van der Waals surface area contributed by atoms with Gasteiger partial charge < -0.3 is 10.0 Å². The third-order valence-corrected chi connectivity index (χ3v) is 2.63. The Hall–Kier alpha value is -2.37. The molecular weight excluding hydrogens is 263 g/mol. The van der Waals surface area contributed by atoms with Crippen LogP contribution >= 0.6 is 0 Å². The fourth-order valence-corrected chi connectivity index (χ4v) is 1.75. The van der Waals surface area contributed by atoms with Gasteiger partial charge in [0.25, 0.3) is 0 Å². The third-order valence-electron chi connectivity index (χ3n) is 2.63. The van der Waals surface area contributed by atoms with Gasteiger partial charge in [0.15, 0.2) is 0 Å². The SMILES string of the molecule is C=CCN(CC(=O)O)C(=O)N(CC)c1ccc(F)cc1. The van der Waals surface area contributed by atoms with Crippen LogP contribution in [-0.2, 0) is 4.79 Å². The van der Waals surface area contributed by atoms with Crippen LogP contribution < -0.4 is 4.90 Å². The van der Waals surface area contributed by atoms with Crippen molar-refractivity contribution < 1.29 is 19.1 Å². The van der Waals surface area contributed by atoms with E-state index in [0.717, 1.165) is 4.90 Å². The summed E-state index contributed by atoms with van der Waals surface area (Å²) in [5.41, 5.74) is 0.512. The quantitative estimate of drug-likeness (QED) is 0.814. The zero-order chi connectivity index (χ0) is 15.1. The molecule has 2 amide bonds. The number of rotatable bonds is 6. The predicted octanol–water partition coefficient (Wildman–Crippen LogP) is 2.34. The molecule has 0 heterocycles. The lowest BCUT2D eigenvalue weighted by atomic mass is 10.3. The highest BCUT2D eigenvalue weighted by Gasteiger charge is 2.22. The summed E-state index contributed by atoms with van der Waals surface area (Å²) in [5.74, 6) is -1.50. The molecule has 0 fully saturated rings. The van der Waals surface area contributed by atoms with Crippen molar-refractivity contribution >= 4 is 17.7 Å². The summed E-state index contributed by atoms with van der Waals surface area (Å²) in [6.45, 7) is 5.32. The maximum Gasteiger partial charge on any atom is 0.325 e.